The van der Waals surface area contributed by atoms with Crippen LogP contribution in [0.5, 0.6) is 0 Å². The van der Waals surface area contributed by atoms with Gasteiger partial charge < -0.3 is 19.3 Å². The Bertz CT molecular complexity index is 6820. The van der Waals surface area contributed by atoms with Gasteiger partial charge in [-0.1, -0.05) is 270 Å². The highest BCUT2D eigenvalue weighted by atomic mass is 15.2. The van der Waals surface area contributed by atoms with E-state index in [0.29, 0.717) is 0 Å². The summed E-state index contributed by atoms with van der Waals surface area (Å²) in [6.45, 7) is 10.1. The molecule has 2 aliphatic heterocycles. The Morgan fingerprint density at radius 1 is 0.292 bits per heavy atom. The minimum absolute atomic E-state index is 0.0431. The number of hydrogen-bond acceptors (Lipinski definition) is 3. The van der Waals surface area contributed by atoms with Crippen LogP contribution < -0.4 is 25.3 Å². The summed E-state index contributed by atoms with van der Waals surface area (Å²) in [5, 5.41) is 18.6. The van der Waals surface area contributed by atoms with Crippen molar-refractivity contribution in [2.75, 3.05) is 14.7 Å². The van der Waals surface area contributed by atoms with Crippen LogP contribution in [-0.4, -0.2) is 4.57 Å². The van der Waals surface area contributed by atoms with E-state index in [9.17, 15) is 0 Å². The zero-order valence-electron chi connectivity index (χ0n) is 59.6. The number of fused-ring (bicyclic) bond motifs is 7. The van der Waals surface area contributed by atoms with E-state index in [2.05, 4.69) is 405 Å². The molecule has 0 spiro atoms. The number of anilines is 9. The number of para-hydroxylation sites is 3. The van der Waals surface area contributed by atoms with Gasteiger partial charge >= 0.3 is 0 Å². The van der Waals surface area contributed by atoms with Gasteiger partial charge in [0.1, 0.15) is 0 Å². The summed E-state index contributed by atoms with van der Waals surface area (Å²) >= 11 is 0. The molecule has 1 atom stereocenters. The third-order valence-corrected chi connectivity index (χ3v) is 23.8. The van der Waals surface area contributed by atoms with Crippen molar-refractivity contribution in [1.82, 2.24) is 4.57 Å². The summed E-state index contributed by atoms with van der Waals surface area (Å²) in [5.74, 6) is 0.0431. The van der Waals surface area contributed by atoms with Gasteiger partial charge in [0.15, 0.2) is 0 Å². The largest absolute Gasteiger partial charge is 0.310 e. The lowest BCUT2D eigenvalue weighted by atomic mass is 9.65. The van der Waals surface area contributed by atoms with Gasteiger partial charge in [0.25, 0.3) is 0 Å². The normalized spacial score (nSPS) is 14.5. The predicted octanol–water partition coefficient (Wildman–Crippen LogP) is 26.3. The molecule has 0 fully saturated rings. The Morgan fingerprint density at radius 3 is 1.12 bits per heavy atom. The SMILES string of the molecule is CC1(C)C2=c3c(c4cc(-c5ccc(N(c6ccccc6)c6ccc7ccccc7c6)c6ccccc56)cc5c4n3-c3c1cc(-c1ccc(N(c4ccccc4)c4ccc6ccccc6c4)c4ccccc14)cc3C5(C)C)=CC(c1ccc(N(c3ccccc3)c3ccc4ccccc4c3)c3ccccc13)C2. The van der Waals surface area contributed by atoms with Crippen molar-refractivity contribution >= 4 is 138 Å². The highest BCUT2D eigenvalue weighted by Gasteiger charge is 2.46. The maximum absolute atomic E-state index is 2.75. The molecule has 0 N–H and O–H groups in total. The fourth-order valence-corrected chi connectivity index (χ4v) is 18.6. The summed E-state index contributed by atoms with van der Waals surface area (Å²) in [6, 6.07) is 132. The number of rotatable bonds is 12. The van der Waals surface area contributed by atoms with Crippen LogP contribution in [0.25, 0.3) is 115 Å². The molecule has 1 aromatic heterocycles. The average Bonchev–Trinajstić information content (AvgIpc) is 1.50. The van der Waals surface area contributed by atoms with Gasteiger partial charge in [-0.15, -0.1) is 0 Å². The number of hydrogen-bond donors (Lipinski definition) is 0. The Hall–Kier alpha value is -13.0. The average molecular weight is 1360 g/mol. The van der Waals surface area contributed by atoms with Crippen LogP contribution >= 0.6 is 0 Å². The topological polar surface area (TPSA) is 14.7 Å². The fraction of sp³-hybridized carbons (Fsp3) is 0.0784. The Labute approximate surface area is 617 Å². The van der Waals surface area contributed by atoms with Crippen molar-refractivity contribution in [3.05, 3.63) is 385 Å². The Morgan fingerprint density at radius 2 is 0.660 bits per heavy atom. The molecule has 0 radical (unpaired) electrons. The summed E-state index contributed by atoms with van der Waals surface area (Å²) < 4.78 is 2.75. The zero-order valence-corrected chi connectivity index (χ0v) is 59.6. The van der Waals surface area contributed by atoms with Crippen molar-refractivity contribution in [2.24, 2.45) is 0 Å². The van der Waals surface area contributed by atoms with Crippen LogP contribution in [0, 0.1) is 0 Å². The lowest BCUT2D eigenvalue weighted by molar-refractivity contribution is 0.587. The van der Waals surface area contributed by atoms with Crippen LogP contribution in [-0.2, 0) is 10.8 Å². The molecule has 0 amide bonds. The van der Waals surface area contributed by atoms with Crippen LogP contribution in [0.4, 0.5) is 51.2 Å². The summed E-state index contributed by atoms with van der Waals surface area (Å²) in [7, 11) is 0. The third kappa shape index (κ3) is 9.46. The quantitative estimate of drug-likeness (QED) is 0.121. The maximum Gasteiger partial charge on any atom is 0.0582 e. The van der Waals surface area contributed by atoms with Crippen LogP contribution in [0.2, 0.25) is 0 Å². The van der Waals surface area contributed by atoms with E-state index in [1.807, 2.05) is 0 Å². The summed E-state index contributed by atoms with van der Waals surface area (Å²) in [5.41, 5.74) is 23.7. The van der Waals surface area contributed by atoms with E-state index in [1.165, 1.54) is 142 Å². The van der Waals surface area contributed by atoms with Crippen molar-refractivity contribution in [1.29, 1.82) is 0 Å². The molecule has 0 saturated heterocycles. The van der Waals surface area contributed by atoms with Crippen molar-refractivity contribution in [3.8, 4) is 27.9 Å². The lowest BCUT2D eigenvalue weighted by Crippen LogP contribution is -2.46. The first-order valence-electron chi connectivity index (χ1n) is 37.3. The molecule has 3 aliphatic rings. The number of aromatic nitrogens is 1. The van der Waals surface area contributed by atoms with Gasteiger partial charge in [0, 0.05) is 77.6 Å². The van der Waals surface area contributed by atoms with Crippen LogP contribution in [0.1, 0.15) is 62.3 Å². The Kier molecular flexibility index (Phi) is 13.8. The molecule has 4 nitrogen and oxygen atoms in total. The van der Waals surface area contributed by atoms with E-state index in [-0.39, 0.29) is 5.92 Å². The maximum atomic E-state index is 2.75. The first kappa shape index (κ1) is 61.6. The predicted molar refractivity (Wildman–Crippen MR) is 449 cm³/mol. The standard InChI is InChI=1S/C102H74N4/c1-101(2)91-61-71(80-50-53-95(86-41-23-20-38-83(80)86)103(74-32-8-5-9-33-74)77-47-44-65-26-14-17-29-68(65)56-77)59-89-90-60-72(81-51-54-96(87-42-24-21-39-84(81)87)104(75-34-10-6-11-35-75)78-48-45-66-27-15-18-30-69(66)57-78)62-92-99(90)106(98(89)91)100-93(101)63-73(64-94(100)102(92,3)4)82-52-55-97(88-43-25-22-40-85(82)88)105(76-36-12-7-13-37-76)79-49-46-67-28-16-19-31-70(67)58-79/h5-61,63-64,72H,62H2,1-4H3. The first-order valence-corrected chi connectivity index (χ1v) is 37.3. The molecule has 18 aromatic rings. The highest BCUT2D eigenvalue weighted by Crippen LogP contribution is 2.56. The molecule has 3 heterocycles. The molecule has 106 heavy (non-hydrogen) atoms. The summed E-state index contributed by atoms with van der Waals surface area (Å²) in [4.78, 5) is 7.35. The zero-order chi connectivity index (χ0) is 70.5. The van der Waals surface area contributed by atoms with Gasteiger partial charge in [-0.3, -0.25) is 0 Å². The molecule has 502 valence electrons. The monoisotopic (exact) mass is 1350 g/mol. The molecule has 17 aromatic carbocycles. The van der Waals surface area contributed by atoms with E-state index >= 15 is 0 Å². The van der Waals surface area contributed by atoms with Gasteiger partial charge in [-0.05, 0) is 220 Å². The molecule has 21 rings (SSSR count). The summed E-state index contributed by atoms with van der Waals surface area (Å²) in [6.07, 6.45) is 3.55. The van der Waals surface area contributed by atoms with E-state index in [0.717, 1.165) is 57.6 Å². The molecule has 4 heteroatoms. The van der Waals surface area contributed by atoms with Crippen molar-refractivity contribution in [3.63, 3.8) is 0 Å². The molecule has 0 bridgehead atoms. The number of benzene rings is 17. The van der Waals surface area contributed by atoms with E-state index < -0.39 is 10.8 Å². The van der Waals surface area contributed by atoms with Crippen molar-refractivity contribution in [2.45, 2.75) is 50.9 Å². The molecular formula is C102H74N4. The van der Waals surface area contributed by atoms with Gasteiger partial charge in [0.2, 0.25) is 0 Å². The molecular weight excluding hydrogens is 1280 g/mol. The minimum Gasteiger partial charge on any atom is -0.310 e. The second-order valence-corrected chi connectivity index (χ2v) is 30.3. The molecule has 1 aliphatic carbocycles. The smallest absolute Gasteiger partial charge is 0.0582 e. The highest BCUT2D eigenvalue weighted by molar-refractivity contribution is 6.11. The first-order chi connectivity index (χ1) is 52.1. The second-order valence-electron chi connectivity index (χ2n) is 30.3. The van der Waals surface area contributed by atoms with Gasteiger partial charge in [0.05, 0.1) is 33.6 Å². The second kappa shape index (κ2) is 23.8. The van der Waals surface area contributed by atoms with E-state index in [1.54, 1.807) is 0 Å². The lowest BCUT2D eigenvalue weighted by Gasteiger charge is -2.44. The van der Waals surface area contributed by atoms with E-state index in [4.69, 9.17) is 0 Å². The molecule has 0 saturated carbocycles. The minimum atomic E-state index is -0.453. The number of nitrogens with zero attached hydrogens (tertiary/aromatic N) is 4. The van der Waals surface area contributed by atoms with Gasteiger partial charge in [-0.25, -0.2) is 0 Å². The fourth-order valence-electron chi connectivity index (χ4n) is 18.6. The van der Waals surface area contributed by atoms with Crippen LogP contribution in [0.3, 0.4) is 0 Å². The molecule has 1 unspecified atom stereocenters. The third-order valence-electron chi connectivity index (χ3n) is 23.8. The van der Waals surface area contributed by atoms with Gasteiger partial charge in [-0.2, -0.15) is 0 Å². The van der Waals surface area contributed by atoms with Crippen molar-refractivity contribution < 1.29 is 0 Å². The Balaban J connectivity index is 0.789. The van der Waals surface area contributed by atoms with Crippen LogP contribution in [0.15, 0.2) is 352 Å².